The number of nitrogens with zero attached hydrogens (tertiary/aromatic N) is 2. The van der Waals surface area contributed by atoms with E-state index in [1.165, 1.54) is 5.56 Å². The van der Waals surface area contributed by atoms with Crippen LogP contribution in [0.2, 0.25) is 0 Å². The molecule has 1 N–H and O–H groups in total. The molecule has 1 unspecified atom stereocenters. The molecule has 1 atom stereocenters. The third-order valence-electron chi connectivity index (χ3n) is 3.97. The van der Waals surface area contributed by atoms with E-state index in [-0.39, 0.29) is 5.97 Å². The normalized spacial score (nSPS) is 16.3. The second-order valence-corrected chi connectivity index (χ2v) is 5.80. The fourth-order valence-electron chi connectivity index (χ4n) is 2.88. The average Bonchev–Trinajstić information content (AvgIpc) is 2.84. The van der Waals surface area contributed by atoms with Crippen molar-refractivity contribution >= 4 is 11.8 Å². The first-order valence-electron chi connectivity index (χ1n) is 7.80. The zero-order valence-corrected chi connectivity index (χ0v) is 13.9. The Labute approximate surface area is 136 Å². The van der Waals surface area contributed by atoms with Gasteiger partial charge >= 0.3 is 5.97 Å². The molecule has 1 aliphatic heterocycles. The van der Waals surface area contributed by atoms with E-state index in [2.05, 4.69) is 17.3 Å². The van der Waals surface area contributed by atoms with E-state index in [4.69, 9.17) is 4.74 Å². The van der Waals surface area contributed by atoms with Crippen LogP contribution in [0.5, 0.6) is 0 Å². The number of aryl methyl sites for hydroxylation is 2. The van der Waals surface area contributed by atoms with Crippen LogP contribution in [0.25, 0.3) is 5.69 Å². The lowest BCUT2D eigenvalue weighted by molar-refractivity contribution is -0.143. The molecule has 0 amide bonds. The maximum Gasteiger partial charge on any atom is 0.317 e. The molecule has 1 aromatic heterocycles. The summed E-state index contributed by atoms with van der Waals surface area (Å²) in [6, 6.07) is 8.15. The van der Waals surface area contributed by atoms with Crippen molar-refractivity contribution in [3.8, 4) is 5.69 Å². The summed E-state index contributed by atoms with van der Waals surface area (Å²) in [5.74, 6) is 0.191. The Kier molecular flexibility index (Phi) is 3.94. The van der Waals surface area contributed by atoms with Crippen molar-refractivity contribution in [2.75, 3.05) is 11.9 Å². The Hall–Kier alpha value is -2.56. The third kappa shape index (κ3) is 2.74. The molecule has 1 aromatic carbocycles. The summed E-state index contributed by atoms with van der Waals surface area (Å²) in [6.45, 7) is 8.10. The van der Waals surface area contributed by atoms with Crippen molar-refractivity contribution in [1.82, 2.24) is 9.78 Å². The molecule has 0 saturated carbocycles. The Morgan fingerprint density at radius 3 is 2.61 bits per heavy atom. The monoisotopic (exact) mass is 311 g/mol. The molecule has 5 heteroatoms. The minimum Gasteiger partial charge on any atom is -0.465 e. The van der Waals surface area contributed by atoms with Crippen molar-refractivity contribution in [3.05, 3.63) is 52.9 Å². The number of anilines is 1. The molecule has 0 spiro atoms. The molecule has 23 heavy (non-hydrogen) atoms. The Morgan fingerprint density at radius 1 is 1.26 bits per heavy atom. The standard InChI is InChI=1S/C18H21N3O2/c1-5-23-18(22)15-10-12(3)19-17-16(15)13(4)20-21(17)14-8-6-11(2)7-9-14/h6-10,15,19H,5H2,1-4H3. The fraction of sp³-hybridized carbons (Fsp3) is 0.333. The zero-order chi connectivity index (χ0) is 16.6. The average molecular weight is 311 g/mol. The summed E-state index contributed by atoms with van der Waals surface area (Å²) in [5, 5.41) is 7.98. The predicted molar refractivity (Wildman–Crippen MR) is 89.8 cm³/mol. The van der Waals surface area contributed by atoms with Gasteiger partial charge in [-0.1, -0.05) is 17.7 Å². The number of rotatable bonds is 3. The van der Waals surface area contributed by atoms with Crippen LogP contribution in [-0.2, 0) is 9.53 Å². The van der Waals surface area contributed by atoms with Crippen LogP contribution in [0.1, 0.15) is 36.6 Å². The molecule has 0 fully saturated rings. The molecular formula is C18H21N3O2. The fourth-order valence-corrected chi connectivity index (χ4v) is 2.88. The van der Waals surface area contributed by atoms with E-state index in [1.807, 2.05) is 55.8 Å². The van der Waals surface area contributed by atoms with Crippen LogP contribution < -0.4 is 5.32 Å². The van der Waals surface area contributed by atoms with Crippen molar-refractivity contribution in [2.45, 2.75) is 33.6 Å². The number of fused-ring (bicyclic) bond motifs is 1. The number of carbonyl (C=O) groups is 1. The molecule has 0 aliphatic carbocycles. The van der Waals surface area contributed by atoms with Gasteiger partial charge in [-0.25, -0.2) is 4.68 Å². The van der Waals surface area contributed by atoms with Crippen molar-refractivity contribution in [2.24, 2.45) is 0 Å². The Bertz CT molecular complexity index is 772. The lowest BCUT2D eigenvalue weighted by atomic mass is 9.95. The van der Waals surface area contributed by atoms with Gasteiger partial charge in [0.25, 0.3) is 0 Å². The van der Waals surface area contributed by atoms with Gasteiger partial charge < -0.3 is 10.1 Å². The first-order valence-corrected chi connectivity index (χ1v) is 7.80. The number of benzene rings is 1. The molecule has 0 bridgehead atoms. The highest BCUT2D eigenvalue weighted by molar-refractivity contribution is 5.85. The first-order chi connectivity index (χ1) is 11.0. The minimum atomic E-state index is -0.412. The summed E-state index contributed by atoms with van der Waals surface area (Å²) in [4.78, 5) is 12.3. The van der Waals surface area contributed by atoms with Gasteiger partial charge in [-0.2, -0.15) is 5.10 Å². The van der Waals surface area contributed by atoms with Crippen LogP contribution >= 0.6 is 0 Å². The number of carbonyl (C=O) groups excluding carboxylic acids is 1. The number of ether oxygens (including phenoxy) is 1. The van der Waals surface area contributed by atoms with Crippen molar-refractivity contribution in [3.63, 3.8) is 0 Å². The molecule has 3 rings (SSSR count). The SMILES string of the molecule is CCOC(=O)C1C=C(C)Nc2c1c(C)nn2-c1ccc(C)cc1. The summed E-state index contributed by atoms with van der Waals surface area (Å²) in [7, 11) is 0. The van der Waals surface area contributed by atoms with E-state index < -0.39 is 5.92 Å². The number of hydrogen-bond donors (Lipinski definition) is 1. The minimum absolute atomic E-state index is 0.235. The highest BCUT2D eigenvalue weighted by Gasteiger charge is 2.32. The quantitative estimate of drug-likeness (QED) is 0.882. The highest BCUT2D eigenvalue weighted by Crippen LogP contribution is 2.36. The van der Waals surface area contributed by atoms with Crippen molar-refractivity contribution < 1.29 is 9.53 Å². The molecular weight excluding hydrogens is 290 g/mol. The molecule has 2 aromatic rings. The number of nitrogens with one attached hydrogen (secondary N) is 1. The summed E-state index contributed by atoms with van der Waals surface area (Å²) >= 11 is 0. The van der Waals surface area contributed by atoms with E-state index in [0.717, 1.165) is 28.5 Å². The molecule has 120 valence electrons. The number of esters is 1. The topological polar surface area (TPSA) is 56.1 Å². The highest BCUT2D eigenvalue weighted by atomic mass is 16.5. The molecule has 0 radical (unpaired) electrons. The molecule has 2 heterocycles. The van der Waals surface area contributed by atoms with Gasteiger partial charge in [0.2, 0.25) is 0 Å². The lowest BCUT2D eigenvalue weighted by Gasteiger charge is -2.22. The second-order valence-electron chi connectivity index (χ2n) is 5.80. The smallest absolute Gasteiger partial charge is 0.317 e. The Morgan fingerprint density at radius 2 is 1.96 bits per heavy atom. The maximum absolute atomic E-state index is 12.3. The molecule has 0 saturated heterocycles. The van der Waals surface area contributed by atoms with Crippen molar-refractivity contribution in [1.29, 1.82) is 0 Å². The van der Waals surface area contributed by atoms with Crippen LogP contribution in [0.15, 0.2) is 36.0 Å². The molecule has 5 nitrogen and oxygen atoms in total. The maximum atomic E-state index is 12.3. The summed E-state index contributed by atoms with van der Waals surface area (Å²) in [5.41, 5.74) is 4.79. The van der Waals surface area contributed by atoms with E-state index in [9.17, 15) is 4.79 Å². The predicted octanol–water partition coefficient (Wildman–Crippen LogP) is 3.47. The van der Waals surface area contributed by atoms with Crippen LogP contribution in [0.4, 0.5) is 5.82 Å². The summed E-state index contributed by atoms with van der Waals surface area (Å²) in [6.07, 6.45) is 1.90. The van der Waals surface area contributed by atoms with Gasteiger partial charge in [0.15, 0.2) is 0 Å². The van der Waals surface area contributed by atoms with Crippen LogP contribution in [0, 0.1) is 13.8 Å². The molecule has 1 aliphatic rings. The third-order valence-corrected chi connectivity index (χ3v) is 3.97. The van der Waals surface area contributed by atoms with Gasteiger partial charge in [0, 0.05) is 11.3 Å². The van der Waals surface area contributed by atoms with E-state index in [1.54, 1.807) is 0 Å². The largest absolute Gasteiger partial charge is 0.465 e. The van der Waals surface area contributed by atoms with Gasteiger partial charge in [0.1, 0.15) is 11.7 Å². The van der Waals surface area contributed by atoms with Crippen LogP contribution in [-0.4, -0.2) is 22.4 Å². The number of aromatic nitrogens is 2. The van der Waals surface area contributed by atoms with Gasteiger partial charge in [-0.05, 0) is 45.9 Å². The lowest BCUT2D eigenvalue weighted by Crippen LogP contribution is -2.21. The van der Waals surface area contributed by atoms with E-state index >= 15 is 0 Å². The van der Waals surface area contributed by atoms with Gasteiger partial charge in [0.05, 0.1) is 18.0 Å². The number of allylic oxidation sites excluding steroid dienone is 1. The van der Waals surface area contributed by atoms with Crippen LogP contribution in [0.3, 0.4) is 0 Å². The summed E-state index contributed by atoms with van der Waals surface area (Å²) < 4.78 is 7.08. The second kappa shape index (κ2) is 5.91. The van der Waals surface area contributed by atoms with Gasteiger partial charge in [-0.3, -0.25) is 4.79 Å². The zero-order valence-electron chi connectivity index (χ0n) is 13.9. The van der Waals surface area contributed by atoms with Gasteiger partial charge in [-0.15, -0.1) is 0 Å². The number of hydrogen-bond acceptors (Lipinski definition) is 4. The Balaban J connectivity index is 2.10. The van der Waals surface area contributed by atoms with E-state index in [0.29, 0.717) is 6.61 Å². The first kappa shape index (κ1) is 15.3.